The van der Waals surface area contributed by atoms with Crippen LogP contribution in [0, 0.1) is 0 Å². The maximum Gasteiger partial charge on any atom is 0.407 e. The first kappa shape index (κ1) is 17.3. The van der Waals surface area contributed by atoms with Crippen LogP contribution in [-0.4, -0.2) is 24.1 Å². The van der Waals surface area contributed by atoms with Crippen LogP contribution >= 0.6 is 0 Å². The van der Waals surface area contributed by atoms with Crippen LogP contribution in [0.15, 0.2) is 30.3 Å². The zero-order chi connectivity index (χ0) is 16.9. The fourth-order valence-corrected chi connectivity index (χ4v) is 2.70. The van der Waals surface area contributed by atoms with E-state index in [0.29, 0.717) is 0 Å². The van der Waals surface area contributed by atoms with Crippen LogP contribution in [-0.2, 0) is 15.1 Å². The summed E-state index contributed by atoms with van der Waals surface area (Å²) in [6, 6.07) is 10.1. The van der Waals surface area contributed by atoms with E-state index >= 15 is 0 Å². The van der Waals surface area contributed by atoms with Gasteiger partial charge in [0.25, 0.3) is 0 Å². The molecule has 0 bridgehead atoms. The molecule has 0 saturated heterocycles. The maximum absolute atomic E-state index is 12.2. The van der Waals surface area contributed by atoms with Crippen LogP contribution in [0.5, 0.6) is 0 Å². The van der Waals surface area contributed by atoms with Gasteiger partial charge in [-0.15, -0.1) is 0 Å². The highest BCUT2D eigenvalue weighted by molar-refractivity contribution is 5.78. The zero-order valence-corrected chi connectivity index (χ0v) is 14.1. The van der Waals surface area contributed by atoms with Gasteiger partial charge in [-0.25, -0.2) is 4.79 Å². The van der Waals surface area contributed by atoms with E-state index in [4.69, 9.17) is 4.74 Å². The topological polar surface area (TPSA) is 67.4 Å². The molecule has 0 radical (unpaired) electrons. The molecule has 2 rings (SSSR count). The van der Waals surface area contributed by atoms with E-state index in [1.807, 2.05) is 18.2 Å². The number of hydrogen-bond acceptors (Lipinski definition) is 3. The molecule has 0 heterocycles. The molecular formula is C18H26N2O3. The number of nitrogens with one attached hydrogen (secondary N) is 2. The molecule has 2 amide bonds. The fraction of sp³-hybridized carbons (Fsp3) is 0.556. The minimum absolute atomic E-state index is 0.0513. The third-order valence-corrected chi connectivity index (χ3v) is 3.93. The molecule has 1 aliphatic carbocycles. The SMILES string of the molecule is CC(C)(C)OC(=O)NCCC(=O)NC1(c2ccccc2)CCC1. The van der Waals surface area contributed by atoms with Crippen molar-refractivity contribution in [3.8, 4) is 0 Å². The molecule has 1 aromatic carbocycles. The molecule has 5 heteroatoms. The van der Waals surface area contributed by atoms with Gasteiger partial charge in [0.15, 0.2) is 0 Å². The number of hydrogen-bond donors (Lipinski definition) is 2. The van der Waals surface area contributed by atoms with Crippen molar-refractivity contribution in [2.45, 2.75) is 57.6 Å². The summed E-state index contributed by atoms with van der Waals surface area (Å²) < 4.78 is 5.14. The molecule has 0 aliphatic heterocycles. The molecular weight excluding hydrogens is 292 g/mol. The van der Waals surface area contributed by atoms with Crippen LogP contribution in [0.25, 0.3) is 0 Å². The summed E-state index contributed by atoms with van der Waals surface area (Å²) in [5.74, 6) is -0.0513. The van der Waals surface area contributed by atoms with Crippen molar-refractivity contribution in [2.24, 2.45) is 0 Å². The maximum atomic E-state index is 12.2. The smallest absolute Gasteiger partial charge is 0.407 e. The summed E-state index contributed by atoms with van der Waals surface area (Å²) in [4.78, 5) is 23.7. The molecule has 0 atom stereocenters. The van der Waals surface area contributed by atoms with E-state index < -0.39 is 11.7 Å². The number of ether oxygens (including phenoxy) is 1. The molecule has 1 aliphatic rings. The van der Waals surface area contributed by atoms with Gasteiger partial charge in [0, 0.05) is 13.0 Å². The monoisotopic (exact) mass is 318 g/mol. The Bertz CT molecular complexity index is 545. The van der Waals surface area contributed by atoms with Gasteiger partial charge >= 0.3 is 6.09 Å². The lowest BCUT2D eigenvalue weighted by atomic mass is 9.71. The first-order valence-electron chi connectivity index (χ1n) is 8.14. The first-order chi connectivity index (χ1) is 10.8. The van der Waals surface area contributed by atoms with E-state index in [2.05, 4.69) is 22.8 Å². The largest absolute Gasteiger partial charge is 0.444 e. The second-order valence-electron chi connectivity index (χ2n) is 7.03. The highest BCUT2D eigenvalue weighted by Gasteiger charge is 2.39. The van der Waals surface area contributed by atoms with Gasteiger partial charge in [-0.1, -0.05) is 30.3 Å². The van der Waals surface area contributed by atoms with Crippen molar-refractivity contribution < 1.29 is 14.3 Å². The Labute approximate surface area is 137 Å². The molecule has 5 nitrogen and oxygen atoms in total. The quantitative estimate of drug-likeness (QED) is 0.876. The molecule has 0 spiro atoms. The number of carbonyl (C=O) groups is 2. The molecule has 1 fully saturated rings. The lowest BCUT2D eigenvalue weighted by molar-refractivity contribution is -0.124. The third kappa shape index (κ3) is 4.98. The highest BCUT2D eigenvalue weighted by Crippen LogP contribution is 2.41. The van der Waals surface area contributed by atoms with E-state index in [9.17, 15) is 9.59 Å². The predicted molar refractivity (Wildman–Crippen MR) is 89.0 cm³/mol. The zero-order valence-electron chi connectivity index (χ0n) is 14.1. The average molecular weight is 318 g/mol. The molecule has 1 saturated carbocycles. The first-order valence-corrected chi connectivity index (χ1v) is 8.14. The van der Waals surface area contributed by atoms with Crippen molar-refractivity contribution in [2.75, 3.05) is 6.54 Å². The number of carbonyl (C=O) groups excluding carboxylic acids is 2. The van der Waals surface area contributed by atoms with Crippen LogP contribution in [0.2, 0.25) is 0 Å². The molecule has 1 aromatic rings. The van der Waals surface area contributed by atoms with E-state index in [0.717, 1.165) is 24.8 Å². The number of rotatable bonds is 5. The summed E-state index contributed by atoms with van der Waals surface area (Å²) in [6.07, 6.45) is 2.79. The normalized spacial score (nSPS) is 16.1. The van der Waals surface area contributed by atoms with Crippen molar-refractivity contribution in [1.82, 2.24) is 10.6 Å². The molecule has 0 aromatic heterocycles. The minimum atomic E-state index is -0.532. The van der Waals surface area contributed by atoms with Gasteiger partial charge in [0.1, 0.15) is 5.60 Å². The predicted octanol–water partition coefficient (Wildman–Crippen LogP) is 3.10. The van der Waals surface area contributed by atoms with Crippen LogP contribution < -0.4 is 10.6 Å². The summed E-state index contributed by atoms with van der Waals surface area (Å²) in [7, 11) is 0. The molecule has 126 valence electrons. The van der Waals surface area contributed by atoms with Crippen LogP contribution in [0.3, 0.4) is 0 Å². The Morgan fingerprint density at radius 3 is 2.35 bits per heavy atom. The van der Waals surface area contributed by atoms with Crippen LogP contribution in [0.1, 0.15) is 52.0 Å². The van der Waals surface area contributed by atoms with Gasteiger partial charge in [-0.2, -0.15) is 0 Å². The lowest BCUT2D eigenvalue weighted by Gasteiger charge is -2.43. The standard InChI is InChI=1S/C18H26N2O3/c1-17(2,3)23-16(22)19-13-10-15(21)20-18(11-7-12-18)14-8-5-4-6-9-14/h4-6,8-9H,7,10-13H2,1-3H3,(H,19,22)(H,20,21). The van der Waals surface area contributed by atoms with Gasteiger partial charge in [-0.05, 0) is 45.6 Å². The van der Waals surface area contributed by atoms with Gasteiger partial charge in [0.2, 0.25) is 5.91 Å². The minimum Gasteiger partial charge on any atom is -0.444 e. The van der Waals surface area contributed by atoms with Gasteiger partial charge < -0.3 is 15.4 Å². The number of alkyl carbamates (subject to hydrolysis) is 1. The fourth-order valence-electron chi connectivity index (χ4n) is 2.70. The van der Waals surface area contributed by atoms with Crippen molar-refractivity contribution in [1.29, 1.82) is 0 Å². The lowest BCUT2D eigenvalue weighted by Crippen LogP contribution is -2.51. The Balaban J connectivity index is 1.79. The van der Waals surface area contributed by atoms with Gasteiger partial charge in [-0.3, -0.25) is 4.79 Å². The second kappa shape index (κ2) is 7.02. The molecule has 2 N–H and O–H groups in total. The van der Waals surface area contributed by atoms with E-state index in [1.54, 1.807) is 20.8 Å². The molecule has 0 unspecified atom stereocenters. The van der Waals surface area contributed by atoms with Crippen molar-refractivity contribution in [3.63, 3.8) is 0 Å². The summed E-state index contributed by atoms with van der Waals surface area (Å²) in [5.41, 5.74) is 0.389. The van der Waals surface area contributed by atoms with Gasteiger partial charge in [0.05, 0.1) is 5.54 Å². The highest BCUT2D eigenvalue weighted by atomic mass is 16.6. The van der Waals surface area contributed by atoms with Crippen molar-refractivity contribution >= 4 is 12.0 Å². The third-order valence-electron chi connectivity index (χ3n) is 3.93. The summed E-state index contributed by atoms with van der Waals surface area (Å²) >= 11 is 0. The summed E-state index contributed by atoms with van der Waals surface area (Å²) in [6.45, 7) is 5.68. The summed E-state index contributed by atoms with van der Waals surface area (Å²) in [5, 5.41) is 5.75. The Kier molecular flexibility index (Phi) is 5.29. The molecule has 23 heavy (non-hydrogen) atoms. The number of benzene rings is 1. The van der Waals surface area contributed by atoms with E-state index in [1.165, 1.54) is 0 Å². The number of amides is 2. The van der Waals surface area contributed by atoms with Crippen LogP contribution in [0.4, 0.5) is 4.79 Å². The Morgan fingerprint density at radius 1 is 1.17 bits per heavy atom. The average Bonchev–Trinajstić information content (AvgIpc) is 2.42. The van der Waals surface area contributed by atoms with E-state index in [-0.39, 0.29) is 24.4 Å². The second-order valence-corrected chi connectivity index (χ2v) is 7.03. The Morgan fingerprint density at radius 2 is 1.83 bits per heavy atom. The van der Waals surface area contributed by atoms with Crippen molar-refractivity contribution in [3.05, 3.63) is 35.9 Å². The Hall–Kier alpha value is -2.04.